The molecule has 1 aromatic carbocycles. The number of phenolic OH excluding ortho intramolecular Hbond substituents is 1. The van der Waals surface area contributed by atoms with Gasteiger partial charge >= 0.3 is 11.4 Å². The van der Waals surface area contributed by atoms with E-state index >= 15 is 0 Å². The van der Waals surface area contributed by atoms with Gasteiger partial charge in [0.2, 0.25) is 0 Å². The summed E-state index contributed by atoms with van der Waals surface area (Å²) in [6.07, 6.45) is 7.05. The molecule has 2 fully saturated rings. The first-order valence-corrected chi connectivity index (χ1v) is 9.05. The fourth-order valence-corrected chi connectivity index (χ4v) is 3.48. The van der Waals surface area contributed by atoms with Gasteiger partial charge in [-0.05, 0) is 51.2 Å². The van der Waals surface area contributed by atoms with Crippen molar-refractivity contribution in [1.82, 2.24) is 10.6 Å². The maximum Gasteiger partial charge on any atom is 0.324 e. The molecule has 2 unspecified atom stereocenters. The van der Waals surface area contributed by atoms with E-state index in [-0.39, 0.29) is 0 Å². The number of hydrogen-bond donors (Lipinski definition) is 3. The van der Waals surface area contributed by atoms with Crippen LogP contribution in [0.25, 0.3) is 0 Å². The molecule has 1 aromatic rings. The van der Waals surface area contributed by atoms with E-state index in [1.807, 2.05) is 0 Å². The second kappa shape index (κ2) is 9.90. The summed E-state index contributed by atoms with van der Waals surface area (Å²) in [5.74, 6) is -0.292. The van der Waals surface area contributed by atoms with Gasteiger partial charge in [-0.3, -0.25) is 30.3 Å². The van der Waals surface area contributed by atoms with E-state index in [1.165, 1.54) is 51.7 Å². The van der Waals surface area contributed by atoms with E-state index in [2.05, 4.69) is 10.6 Å². The van der Waals surface area contributed by atoms with Crippen molar-refractivity contribution >= 4 is 17.1 Å². The van der Waals surface area contributed by atoms with Crippen LogP contribution in [-0.4, -0.2) is 45.6 Å². The van der Waals surface area contributed by atoms with Crippen LogP contribution in [0.2, 0.25) is 0 Å². The number of nitrogens with one attached hydrogen (secondary N) is 2. The molecule has 12 nitrogen and oxygen atoms in total. The molecule has 3 rings (SSSR count). The molecule has 0 aromatic heterocycles. The summed E-state index contributed by atoms with van der Waals surface area (Å²) in [5, 5.41) is 47.4. The number of non-ortho nitro benzene ring substituents is 1. The third-order valence-corrected chi connectivity index (χ3v) is 4.91. The van der Waals surface area contributed by atoms with E-state index in [0.29, 0.717) is 12.1 Å². The van der Waals surface area contributed by atoms with Crippen LogP contribution < -0.4 is 10.6 Å². The average molecular weight is 397 g/mol. The second-order valence-electron chi connectivity index (χ2n) is 6.77. The van der Waals surface area contributed by atoms with Crippen LogP contribution >= 0.6 is 0 Å². The quantitative estimate of drug-likeness (QED) is 0.508. The van der Waals surface area contributed by atoms with Gasteiger partial charge in [-0.25, -0.2) is 0 Å². The highest BCUT2D eigenvalue weighted by Gasteiger charge is 2.30. The lowest BCUT2D eigenvalue weighted by Gasteiger charge is -2.34. The van der Waals surface area contributed by atoms with Crippen LogP contribution in [0.1, 0.15) is 32.1 Å². The van der Waals surface area contributed by atoms with E-state index < -0.39 is 37.6 Å². The highest BCUT2D eigenvalue weighted by molar-refractivity contribution is 5.64. The molecule has 0 aliphatic carbocycles. The Labute approximate surface area is 160 Å². The third kappa shape index (κ3) is 5.57. The number of aromatic hydroxyl groups is 1. The standard InChI is InChI=1S/C10H20N2.C6H3N3O7/c1-2-7-12-10(5-1)9-4-3-6-11-8-9;10-6-4(8(13)14)1-3(7(11)12)2-5(6)9(15)16/h9-12H,1-8H2;1-2,10H. The summed E-state index contributed by atoms with van der Waals surface area (Å²) in [6.45, 7) is 3.74. The molecule has 2 aliphatic heterocycles. The Morgan fingerprint density at radius 1 is 0.893 bits per heavy atom. The van der Waals surface area contributed by atoms with E-state index in [0.717, 1.165) is 12.0 Å². The minimum atomic E-state index is -1.21. The van der Waals surface area contributed by atoms with Gasteiger partial charge in [-0.1, -0.05) is 6.42 Å². The van der Waals surface area contributed by atoms with Crippen LogP contribution in [0.15, 0.2) is 12.1 Å². The molecule has 2 aliphatic rings. The predicted octanol–water partition coefficient (Wildman–Crippen LogP) is 2.24. The molecule has 2 saturated heterocycles. The molecular formula is C16H23N5O7. The van der Waals surface area contributed by atoms with Crippen LogP contribution in [0.3, 0.4) is 0 Å². The lowest BCUT2D eigenvalue weighted by Crippen LogP contribution is -2.46. The average Bonchev–Trinajstić information content (AvgIpc) is 2.69. The first-order valence-electron chi connectivity index (χ1n) is 9.05. The summed E-state index contributed by atoms with van der Waals surface area (Å²) in [6, 6.07) is 1.72. The van der Waals surface area contributed by atoms with Crippen molar-refractivity contribution in [3.63, 3.8) is 0 Å². The Kier molecular flexibility index (Phi) is 7.58. The summed E-state index contributed by atoms with van der Waals surface area (Å²) in [7, 11) is 0. The van der Waals surface area contributed by atoms with Crippen molar-refractivity contribution in [2.45, 2.75) is 38.1 Å². The molecule has 28 heavy (non-hydrogen) atoms. The Morgan fingerprint density at radius 2 is 1.54 bits per heavy atom. The minimum absolute atomic E-state index is 0.447. The monoisotopic (exact) mass is 397 g/mol. The summed E-state index contributed by atoms with van der Waals surface area (Å²) in [4.78, 5) is 27.8. The molecule has 0 bridgehead atoms. The Morgan fingerprint density at radius 3 is 1.96 bits per heavy atom. The van der Waals surface area contributed by atoms with Gasteiger partial charge in [0.15, 0.2) is 0 Å². The second-order valence-corrected chi connectivity index (χ2v) is 6.77. The summed E-state index contributed by atoms with van der Waals surface area (Å²) in [5.41, 5.74) is -3.00. The van der Waals surface area contributed by atoms with Crippen molar-refractivity contribution < 1.29 is 19.9 Å². The molecular weight excluding hydrogens is 374 g/mol. The van der Waals surface area contributed by atoms with Crippen LogP contribution in [0.4, 0.5) is 17.1 Å². The van der Waals surface area contributed by atoms with Crippen LogP contribution in [0, 0.1) is 36.3 Å². The minimum Gasteiger partial charge on any atom is -0.497 e. The molecule has 3 N–H and O–H groups in total. The molecule has 0 saturated carbocycles. The van der Waals surface area contributed by atoms with Crippen molar-refractivity contribution in [3.05, 3.63) is 42.5 Å². The highest BCUT2D eigenvalue weighted by atomic mass is 16.6. The molecule has 154 valence electrons. The highest BCUT2D eigenvalue weighted by Crippen LogP contribution is 2.38. The fourth-order valence-electron chi connectivity index (χ4n) is 3.48. The maximum absolute atomic E-state index is 10.4. The number of nitro groups is 3. The zero-order chi connectivity index (χ0) is 20.7. The Bertz CT molecular complexity index is 679. The lowest BCUT2D eigenvalue weighted by molar-refractivity contribution is -0.404. The molecule has 0 amide bonds. The van der Waals surface area contributed by atoms with Gasteiger partial charge in [-0.2, -0.15) is 0 Å². The number of nitrogens with zero attached hydrogens (tertiary/aromatic N) is 3. The number of piperidine rings is 2. The number of rotatable bonds is 4. The first-order chi connectivity index (χ1) is 13.3. The molecule has 0 spiro atoms. The van der Waals surface area contributed by atoms with Gasteiger partial charge in [0.05, 0.1) is 26.9 Å². The van der Waals surface area contributed by atoms with Gasteiger partial charge < -0.3 is 15.7 Å². The van der Waals surface area contributed by atoms with Gasteiger partial charge in [0, 0.05) is 6.04 Å². The largest absolute Gasteiger partial charge is 0.497 e. The van der Waals surface area contributed by atoms with Crippen molar-refractivity contribution in [2.75, 3.05) is 19.6 Å². The van der Waals surface area contributed by atoms with E-state index in [9.17, 15) is 30.3 Å². The summed E-state index contributed by atoms with van der Waals surface area (Å²) < 4.78 is 0. The SMILES string of the molecule is C1CCC(C2CCCNC2)NC1.O=[N+]([O-])c1cc([N+](=O)[O-])c(O)c([N+](=O)[O-])c1. The lowest BCUT2D eigenvalue weighted by atomic mass is 9.87. The Hall–Kier alpha value is -2.86. The normalized spacial score (nSPS) is 21.9. The van der Waals surface area contributed by atoms with Crippen molar-refractivity contribution in [3.8, 4) is 5.75 Å². The van der Waals surface area contributed by atoms with Crippen LogP contribution in [-0.2, 0) is 0 Å². The zero-order valence-corrected chi connectivity index (χ0v) is 15.2. The molecule has 0 radical (unpaired) electrons. The van der Waals surface area contributed by atoms with Gasteiger partial charge in [-0.15, -0.1) is 0 Å². The number of nitro benzene ring substituents is 3. The number of phenols is 1. The molecule has 2 atom stereocenters. The van der Waals surface area contributed by atoms with Crippen LogP contribution in [0.5, 0.6) is 5.75 Å². The maximum atomic E-state index is 10.4. The number of benzene rings is 1. The topological polar surface area (TPSA) is 174 Å². The van der Waals surface area contributed by atoms with Crippen molar-refractivity contribution in [2.24, 2.45) is 5.92 Å². The van der Waals surface area contributed by atoms with Gasteiger partial charge in [0.25, 0.3) is 11.4 Å². The first kappa shape index (κ1) is 21.4. The van der Waals surface area contributed by atoms with E-state index in [1.54, 1.807) is 0 Å². The summed E-state index contributed by atoms with van der Waals surface area (Å²) >= 11 is 0. The Balaban J connectivity index is 0.000000207. The zero-order valence-electron chi connectivity index (χ0n) is 15.2. The predicted molar refractivity (Wildman–Crippen MR) is 99.3 cm³/mol. The fraction of sp³-hybridized carbons (Fsp3) is 0.625. The molecule has 12 heteroatoms. The molecule has 2 heterocycles. The van der Waals surface area contributed by atoms with Crippen molar-refractivity contribution in [1.29, 1.82) is 0 Å². The number of hydrogen-bond acceptors (Lipinski definition) is 9. The smallest absolute Gasteiger partial charge is 0.324 e. The van der Waals surface area contributed by atoms with E-state index in [4.69, 9.17) is 5.11 Å². The van der Waals surface area contributed by atoms with Gasteiger partial charge in [0.1, 0.15) is 0 Å². The third-order valence-electron chi connectivity index (χ3n) is 4.91.